The van der Waals surface area contributed by atoms with Gasteiger partial charge < -0.3 is 34.4 Å². The van der Waals surface area contributed by atoms with Crippen LogP contribution in [0.1, 0.15) is 80.6 Å². The molecule has 5 heterocycles. The van der Waals surface area contributed by atoms with E-state index >= 15 is 0 Å². The lowest BCUT2D eigenvalue weighted by Crippen LogP contribution is -2.49. The molecule has 14 nitrogen and oxygen atoms in total. The van der Waals surface area contributed by atoms with Crippen molar-refractivity contribution in [1.82, 2.24) is 49.5 Å². The Labute approximate surface area is 356 Å². The van der Waals surface area contributed by atoms with Crippen molar-refractivity contribution in [3.8, 4) is 33.6 Å². The summed E-state index contributed by atoms with van der Waals surface area (Å²) in [6, 6.07) is 25.4. The smallest absolute Gasteiger partial charge is 0.407 e. The standard InChI is InChI=1S/C47H54N10O4/c1-5-55(6-2)42(35-12-8-7-9-13-35)46(59)57-25-11-15-41(57)44-50-29-39(52-44)34-22-18-32(19-23-34)31-16-20-33(21-17-31)38-28-49-43(51-38)40-14-10-24-56(40)45(58)37(53-47(60)61-4)26-36-27-48-30-54(36)3/h7-9,12-13,16-23,27-30,37,40-42H,5-6,10-11,14-15,24-26H2,1-4H3,(H,49,51)(H,50,52)(H,53,60)/t37-,40+,41+,42-/m1/s1. The number of amides is 3. The molecule has 0 bridgehead atoms. The van der Waals surface area contributed by atoms with Gasteiger partial charge in [0.1, 0.15) is 23.7 Å². The molecule has 3 aromatic heterocycles. The van der Waals surface area contributed by atoms with Gasteiger partial charge in [-0.05, 0) is 66.6 Å². The van der Waals surface area contributed by atoms with E-state index in [1.807, 2.05) is 47.1 Å². The summed E-state index contributed by atoms with van der Waals surface area (Å²) in [4.78, 5) is 67.2. The molecule has 0 radical (unpaired) electrons. The van der Waals surface area contributed by atoms with Gasteiger partial charge in [-0.25, -0.2) is 19.7 Å². The van der Waals surface area contributed by atoms with Crippen LogP contribution in [-0.4, -0.2) is 101 Å². The number of hydrogen-bond donors (Lipinski definition) is 3. The molecule has 0 spiro atoms. The first-order valence-corrected chi connectivity index (χ1v) is 21.3. The first-order valence-electron chi connectivity index (χ1n) is 21.3. The Morgan fingerprint density at radius 1 is 0.754 bits per heavy atom. The van der Waals surface area contributed by atoms with Gasteiger partial charge in [0.15, 0.2) is 0 Å². The second-order valence-electron chi connectivity index (χ2n) is 15.8. The molecule has 6 aromatic rings. The number of rotatable bonds is 14. The highest BCUT2D eigenvalue weighted by molar-refractivity contribution is 5.86. The highest BCUT2D eigenvalue weighted by Gasteiger charge is 2.39. The predicted octanol–water partition coefficient (Wildman–Crippen LogP) is 7.24. The average molecular weight is 823 g/mol. The zero-order valence-corrected chi connectivity index (χ0v) is 35.3. The summed E-state index contributed by atoms with van der Waals surface area (Å²) in [6.07, 6.45) is 10.1. The van der Waals surface area contributed by atoms with Crippen molar-refractivity contribution in [3.05, 3.63) is 127 Å². The van der Waals surface area contributed by atoms with Gasteiger partial charge in [0.25, 0.3) is 0 Å². The zero-order chi connectivity index (χ0) is 42.5. The minimum absolute atomic E-state index is 0.100. The molecule has 3 amide bonds. The number of carbonyl (C=O) groups excluding carboxylic acids is 3. The number of likely N-dealkylation sites (tertiary alicyclic amines) is 2. The van der Waals surface area contributed by atoms with Gasteiger partial charge >= 0.3 is 6.09 Å². The van der Waals surface area contributed by atoms with E-state index in [2.05, 4.69) is 99.7 Å². The van der Waals surface area contributed by atoms with Crippen molar-refractivity contribution < 1.29 is 19.1 Å². The van der Waals surface area contributed by atoms with Crippen LogP contribution in [0, 0.1) is 0 Å². The number of nitrogens with zero attached hydrogens (tertiary/aromatic N) is 7. The summed E-state index contributed by atoms with van der Waals surface area (Å²) in [7, 11) is 3.14. The first-order chi connectivity index (χ1) is 29.8. The van der Waals surface area contributed by atoms with Crippen LogP contribution in [-0.2, 0) is 27.8 Å². The molecule has 4 atom stereocenters. The highest BCUT2D eigenvalue weighted by Crippen LogP contribution is 2.37. The lowest BCUT2D eigenvalue weighted by Gasteiger charge is -2.34. The molecule has 8 rings (SSSR count). The summed E-state index contributed by atoms with van der Waals surface area (Å²) in [5.74, 6) is 1.47. The second kappa shape index (κ2) is 18.4. The Hall–Kier alpha value is -6.54. The van der Waals surface area contributed by atoms with Crippen LogP contribution in [0.5, 0.6) is 0 Å². The Bertz CT molecular complexity index is 2420. The Kier molecular flexibility index (Phi) is 12.4. The minimum Gasteiger partial charge on any atom is -0.453 e. The summed E-state index contributed by atoms with van der Waals surface area (Å²) in [5, 5.41) is 2.73. The number of benzene rings is 3. The van der Waals surface area contributed by atoms with Crippen molar-refractivity contribution in [2.45, 2.75) is 70.1 Å². The van der Waals surface area contributed by atoms with Crippen molar-refractivity contribution in [3.63, 3.8) is 0 Å². The molecule has 3 N–H and O–H groups in total. The fraction of sp³-hybridized carbons (Fsp3) is 0.362. The monoisotopic (exact) mass is 822 g/mol. The van der Waals surface area contributed by atoms with E-state index in [-0.39, 0.29) is 36.4 Å². The van der Waals surface area contributed by atoms with E-state index in [0.29, 0.717) is 18.9 Å². The lowest BCUT2D eigenvalue weighted by molar-refractivity contribution is -0.138. The number of ether oxygens (including phenoxy) is 1. The van der Waals surface area contributed by atoms with Gasteiger partial charge in [-0.1, -0.05) is 92.7 Å². The summed E-state index contributed by atoms with van der Waals surface area (Å²) < 4.78 is 6.68. The number of methoxy groups -OCH3 is 1. The number of nitrogens with one attached hydrogen (secondary N) is 3. The predicted molar refractivity (Wildman–Crippen MR) is 233 cm³/mol. The zero-order valence-electron chi connectivity index (χ0n) is 35.3. The van der Waals surface area contributed by atoms with Crippen LogP contribution in [0.3, 0.4) is 0 Å². The fourth-order valence-electron chi connectivity index (χ4n) is 8.90. The van der Waals surface area contributed by atoms with E-state index in [0.717, 1.165) is 89.5 Å². The molecular formula is C47H54N10O4. The van der Waals surface area contributed by atoms with Crippen molar-refractivity contribution in [2.75, 3.05) is 33.3 Å². The van der Waals surface area contributed by atoms with Gasteiger partial charge in [-0.15, -0.1) is 0 Å². The van der Waals surface area contributed by atoms with Crippen LogP contribution in [0.2, 0.25) is 0 Å². The summed E-state index contributed by atoms with van der Waals surface area (Å²) >= 11 is 0. The van der Waals surface area contributed by atoms with Crippen molar-refractivity contribution in [1.29, 1.82) is 0 Å². The molecule has 14 heteroatoms. The van der Waals surface area contributed by atoms with Crippen LogP contribution in [0.4, 0.5) is 4.79 Å². The third-order valence-corrected chi connectivity index (χ3v) is 12.3. The Balaban J connectivity index is 0.925. The van der Waals surface area contributed by atoms with E-state index < -0.39 is 12.1 Å². The number of H-pyrrole nitrogens is 2. The van der Waals surface area contributed by atoms with Gasteiger partial charge in [-0.2, -0.15) is 0 Å². The van der Waals surface area contributed by atoms with Crippen LogP contribution < -0.4 is 5.32 Å². The van der Waals surface area contributed by atoms with Gasteiger partial charge in [-0.3, -0.25) is 14.5 Å². The normalized spacial score (nSPS) is 17.5. The number of likely N-dealkylation sites (N-methyl/N-ethyl adjacent to an activating group) is 1. The largest absolute Gasteiger partial charge is 0.453 e. The quantitative estimate of drug-likeness (QED) is 0.104. The van der Waals surface area contributed by atoms with E-state index in [9.17, 15) is 14.4 Å². The lowest BCUT2D eigenvalue weighted by atomic mass is 10.0. The molecule has 2 fully saturated rings. The topological polar surface area (TPSA) is 157 Å². The van der Waals surface area contributed by atoms with Crippen LogP contribution in [0.25, 0.3) is 33.6 Å². The third-order valence-electron chi connectivity index (χ3n) is 12.3. The molecule has 3 aromatic carbocycles. The molecule has 0 aliphatic carbocycles. The average Bonchev–Trinajstić information content (AvgIpc) is 4.16. The van der Waals surface area contributed by atoms with Crippen molar-refractivity contribution in [2.24, 2.45) is 7.05 Å². The number of aryl methyl sites for hydroxylation is 1. The maximum atomic E-state index is 14.2. The fourth-order valence-corrected chi connectivity index (χ4v) is 8.90. The number of carbonyl (C=O) groups is 3. The summed E-state index contributed by atoms with van der Waals surface area (Å²) in [5.41, 5.74) is 7.78. The maximum Gasteiger partial charge on any atom is 0.407 e. The Morgan fingerprint density at radius 2 is 1.28 bits per heavy atom. The number of aromatic nitrogens is 6. The van der Waals surface area contributed by atoms with E-state index in [1.165, 1.54) is 7.11 Å². The number of aromatic amines is 2. The molecule has 61 heavy (non-hydrogen) atoms. The third kappa shape index (κ3) is 8.71. The number of alkyl carbamates (subject to hydrolysis) is 1. The molecule has 316 valence electrons. The molecule has 2 aliphatic heterocycles. The maximum absolute atomic E-state index is 14.2. The molecular weight excluding hydrogens is 769 g/mol. The van der Waals surface area contributed by atoms with E-state index in [4.69, 9.17) is 14.7 Å². The molecule has 2 saturated heterocycles. The minimum atomic E-state index is -0.812. The SMILES string of the molecule is CCN(CC)[C@@H](C(=O)N1CCC[C@H]1c1ncc(-c2ccc(-c3ccc(-c4cnc([C@@H]5CCCN5C(=O)[C@@H](Cc5cncn5C)NC(=O)OC)[nH]4)cc3)cc2)[nH]1)c1ccccc1. The highest BCUT2D eigenvalue weighted by atomic mass is 16.5. The first kappa shape index (κ1) is 41.2. The molecule has 0 saturated carbocycles. The molecule has 0 unspecified atom stereocenters. The number of hydrogen-bond acceptors (Lipinski definition) is 8. The van der Waals surface area contributed by atoms with Gasteiger partial charge in [0.2, 0.25) is 11.8 Å². The molecule has 2 aliphatic rings. The Morgan fingerprint density at radius 3 is 1.77 bits per heavy atom. The summed E-state index contributed by atoms with van der Waals surface area (Å²) in [6.45, 7) is 7.07. The van der Waals surface area contributed by atoms with E-state index in [1.54, 1.807) is 17.4 Å². The second-order valence-corrected chi connectivity index (χ2v) is 15.8. The van der Waals surface area contributed by atoms with Gasteiger partial charge in [0, 0.05) is 38.4 Å². The number of imidazole rings is 3. The van der Waals surface area contributed by atoms with Crippen LogP contribution in [0.15, 0.2) is 104 Å². The van der Waals surface area contributed by atoms with Crippen molar-refractivity contribution >= 4 is 17.9 Å². The van der Waals surface area contributed by atoms with Crippen LogP contribution >= 0.6 is 0 Å². The van der Waals surface area contributed by atoms with Gasteiger partial charge in [0.05, 0.1) is 49.3 Å².